The third-order valence-corrected chi connectivity index (χ3v) is 3.59. The fourth-order valence-corrected chi connectivity index (χ4v) is 2.03. The molecule has 0 aliphatic heterocycles. The predicted molar refractivity (Wildman–Crippen MR) is 72.1 cm³/mol. The molecule has 16 heavy (non-hydrogen) atoms. The van der Waals surface area contributed by atoms with Gasteiger partial charge in [0.25, 0.3) is 0 Å². The molecule has 1 aromatic heterocycles. The van der Waals surface area contributed by atoms with E-state index in [2.05, 4.69) is 6.58 Å². The molecule has 0 N–H and O–H groups in total. The van der Waals surface area contributed by atoms with Crippen LogP contribution in [0.4, 0.5) is 0 Å². The summed E-state index contributed by atoms with van der Waals surface area (Å²) in [5.41, 5.74) is 0.946. The topological polar surface area (TPSA) is 30.2 Å². The van der Waals surface area contributed by atoms with E-state index in [4.69, 9.17) is 16.6 Å². The molecule has 1 rings (SSSR count). The Morgan fingerprint density at radius 1 is 1.69 bits per heavy atom. The molecule has 0 amide bonds. The Balaban J connectivity index is 2.88. The number of hydrogen-bond acceptors (Lipinski definition) is 4. The third kappa shape index (κ3) is 3.32. The summed E-state index contributed by atoms with van der Waals surface area (Å²) in [7, 11) is 0. The number of Topliss-reactive ketones (excluding diaryl/α,β-unsaturated/α-hetero) is 1. The molecule has 1 unspecified atom stereocenters. The van der Waals surface area contributed by atoms with Gasteiger partial charge in [-0.15, -0.1) is 18.3 Å². The van der Waals surface area contributed by atoms with Gasteiger partial charge in [-0.2, -0.15) is 0 Å². The molecule has 4 heteroatoms. The van der Waals surface area contributed by atoms with E-state index in [0.29, 0.717) is 16.4 Å². The first-order chi connectivity index (χ1) is 7.56. The fourth-order valence-electron chi connectivity index (χ4n) is 1.36. The zero-order valence-corrected chi connectivity index (χ0v) is 11.0. The Bertz CT molecular complexity index is 393. The summed E-state index contributed by atoms with van der Waals surface area (Å²) in [6.45, 7) is 5.72. The molecule has 0 spiro atoms. The number of carbonyl (C=O) groups is 1. The van der Waals surface area contributed by atoms with Crippen molar-refractivity contribution in [3.05, 3.63) is 36.3 Å². The van der Waals surface area contributed by atoms with Gasteiger partial charge in [0.1, 0.15) is 0 Å². The highest BCUT2D eigenvalue weighted by molar-refractivity contribution is 8.22. The molecule has 2 nitrogen and oxygen atoms in total. The van der Waals surface area contributed by atoms with Crippen molar-refractivity contribution in [1.82, 2.24) is 0 Å². The van der Waals surface area contributed by atoms with Crippen molar-refractivity contribution < 1.29 is 9.21 Å². The van der Waals surface area contributed by atoms with Crippen LogP contribution >= 0.6 is 24.0 Å². The lowest BCUT2D eigenvalue weighted by atomic mass is 9.97. The molecule has 0 saturated carbocycles. The maximum absolute atomic E-state index is 12.1. The van der Waals surface area contributed by atoms with Gasteiger partial charge in [-0.25, -0.2) is 0 Å². The summed E-state index contributed by atoms with van der Waals surface area (Å²) in [5.74, 6) is -0.0105. The Morgan fingerprint density at radius 2 is 2.38 bits per heavy atom. The van der Waals surface area contributed by atoms with Gasteiger partial charge in [-0.05, 0) is 31.7 Å². The van der Waals surface area contributed by atoms with Gasteiger partial charge in [-0.3, -0.25) is 4.79 Å². The van der Waals surface area contributed by atoms with Crippen LogP contribution in [0.25, 0.3) is 0 Å². The van der Waals surface area contributed by atoms with Gasteiger partial charge >= 0.3 is 0 Å². The minimum Gasteiger partial charge on any atom is -0.461 e. The van der Waals surface area contributed by atoms with Crippen molar-refractivity contribution in [3.8, 4) is 0 Å². The minimum atomic E-state index is -0.311. The smallest absolute Gasteiger partial charge is 0.207 e. The van der Waals surface area contributed by atoms with Gasteiger partial charge in [0.15, 0.2) is 5.76 Å². The second kappa shape index (κ2) is 6.01. The van der Waals surface area contributed by atoms with E-state index in [-0.39, 0.29) is 11.7 Å². The third-order valence-electron chi connectivity index (χ3n) is 2.12. The van der Waals surface area contributed by atoms with E-state index in [1.54, 1.807) is 12.1 Å². The average molecular weight is 254 g/mol. The SMILES string of the molecule is C=C(C)CC(C(=O)c1ccco1)C(=S)SC. The lowest BCUT2D eigenvalue weighted by molar-refractivity contribution is 0.0928. The molecule has 0 fully saturated rings. The molecule has 0 aliphatic carbocycles. The van der Waals surface area contributed by atoms with Crippen LogP contribution in [-0.4, -0.2) is 16.2 Å². The predicted octanol–water partition coefficient (Wildman–Crippen LogP) is 3.74. The minimum absolute atomic E-state index is 0.0626. The van der Waals surface area contributed by atoms with E-state index in [1.807, 2.05) is 13.2 Å². The molecule has 1 aromatic rings. The molecular weight excluding hydrogens is 240 g/mol. The second-order valence-electron chi connectivity index (χ2n) is 3.58. The lowest BCUT2D eigenvalue weighted by Gasteiger charge is -2.14. The summed E-state index contributed by atoms with van der Waals surface area (Å²) in [5, 5.41) is 0. The number of allylic oxidation sites excluding steroid dienone is 1. The van der Waals surface area contributed by atoms with Crippen LogP contribution in [0, 0.1) is 5.92 Å². The summed E-state index contributed by atoms with van der Waals surface area (Å²) in [6.07, 6.45) is 3.95. The van der Waals surface area contributed by atoms with Crippen LogP contribution < -0.4 is 0 Å². The zero-order chi connectivity index (χ0) is 12.1. The van der Waals surface area contributed by atoms with Gasteiger partial charge < -0.3 is 4.42 Å². The number of hydrogen-bond donors (Lipinski definition) is 0. The Labute approximate surface area is 105 Å². The summed E-state index contributed by atoms with van der Waals surface area (Å²) in [6, 6.07) is 3.36. The highest BCUT2D eigenvalue weighted by atomic mass is 32.2. The van der Waals surface area contributed by atoms with Crippen LogP contribution in [0.1, 0.15) is 23.9 Å². The van der Waals surface area contributed by atoms with E-state index in [0.717, 1.165) is 5.57 Å². The van der Waals surface area contributed by atoms with Crippen LogP contribution in [0.2, 0.25) is 0 Å². The quantitative estimate of drug-likeness (QED) is 0.455. The van der Waals surface area contributed by atoms with Gasteiger partial charge in [-0.1, -0.05) is 17.8 Å². The summed E-state index contributed by atoms with van der Waals surface area (Å²) >= 11 is 6.63. The fraction of sp³-hybridized carbons (Fsp3) is 0.333. The Morgan fingerprint density at radius 3 is 2.81 bits per heavy atom. The monoisotopic (exact) mass is 254 g/mol. The van der Waals surface area contributed by atoms with Crippen LogP contribution in [0.15, 0.2) is 35.0 Å². The first-order valence-electron chi connectivity index (χ1n) is 4.86. The second-order valence-corrected chi connectivity index (χ2v) is 5.12. The molecule has 1 atom stereocenters. The summed E-state index contributed by atoms with van der Waals surface area (Å²) < 4.78 is 5.79. The molecule has 0 radical (unpaired) electrons. The van der Waals surface area contributed by atoms with Crippen molar-refractivity contribution >= 4 is 34.0 Å². The molecule has 86 valence electrons. The number of rotatable bonds is 5. The highest BCUT2D eigenvalue weighted by Crippen LogP contribution is 2.23. The van der Waals surface area contributed by atoms with Gasteiger partial charge in [0.05, 0.1) is 16.4 Å². The van der Waals surface area contributed by atoms with E-state index in [1.165, 1.54) is 18.0 Å². The molecule has 0 aromatic carbocycles. The van der Waals surface area contributed by atoms with Crippen molar-refractivity contribution in [1.29, 1.82) is 0 Å². The molecule has 1 heterocycles. The number of thiocarbonyl (C=S) groups is 1. The van der Waals surface area contributed by atoms with Crippen molar-refractivity contribution in [3.63, 3.8) is 0 Å². The van der Waals surface area contributed by atoms with E-state index < -0.39 is 0 Å². The lowest BCUT2D eigenvalue weighted by Crippen LogP contribution is -2.20. The Kier molecular flexibility index (Phi) is 4.96. The average Bonchev–Trinajstić information content (AvgIpc) is 2.77. The normalized spacial score (nSPS) is 12.1. The van der Waals surface area contributed by atoms with Gasteiger partial charge in [0, 0.05) is 0 Å². The number of thioether (sulfide) groups is 1. The number of carbonyl (C=O) groups excluding carboxylic acids is 1. The Hall–Kier alpha value is -0.870. The zero-order valence-electron chi connectivity index (χ0n) is 9.36. The molecule has 0 aliphatic rings. The van der Waals surface area contributed by atoms with Crippen LogP contribution in [0.5, 0.6) is 0 Å². The van der Waals surface area contributed by atoms with Crippen molar-refractivity contribution in [2.45, 2.75) is 13.3 Å². The van der Waals surface area contributed by atoms with E-state index >= 15 is 0 Å². The van der Waals surface area contributed by atoms with Crippen LogP contribution in [0.3, 0.4) is 0 Å². The number of ketones is 1. The molecule has 0 bridgehead atoms. The highest BCUT2D eigenvalue weighted by Gasteiger charge is 2.25. The van der Waals surface area contributed by atoms with Crippen LogP contribution in [-0.2, 0) is 0 Å². The molecule has 0 saturated heterocycles. The number of furan rings is 1. The standard InChI is InChI=1S/C12H14O2S2/c1-8(2)7-9(12(15)16-3)11(13)10-5-4-6-14-10/h4-6,9H,1,7H2,2-3H3. The molecular formula is C12H14O2S2. The first kappa shape index (κ1) is 13.2. The van der Waals surface area contributed by atoms with E-state index in [9.17, 15) is 4.79 Å². The van der Waals surface area contributed by atoms with Gasteiger partial charge in [0.2, 0.25) is 5.78 Å². The van der Waals surface area contributed by atoms with Crippen molar-refractivity contribution in [2.75, 3.05) is 6.26 Å². The van der Waals surface area contributed by atoms with Crippen molar-refractivity contribution in [2.24, 2.45) is 5.92 Å². The largest absolute Gasteiger partial charge is 0.461 e. The summed E-state index contributed by atoms with van der Waals surface area (Å²) in [4.78, 5) is 12.1. The first-order valence-corrected chi connectivity index (χ1v) is 6.49. The maximum atomic E-state index is 12.1. The maximum Gasteiger partial charge on any atom is 0.207 e.